The van der Waals surface area contributed by atoms with Gasteiger partial charge in [-0.3, -0.25) is 9.59 Å². The second kappa shape index (κ2) is 8.64. The maximum Gasteiger partial charge on any atom is 0.256 e. The molecule has 1 aliphatic rings. The van der Waals surface area contributed by atoms with E-state index in [4.69, 9.17) is 0 Å². The van der Waals surface area contributed by atoms with Crippen molar-refractivity contribution in [3.63, 3.8) is 0 Å². The highest BCUT2D eigenvalue weighted by Gasteiger charge is 2.25. The van der Waals surface area contributed by atoms with Gasteiger partial charge in [0, 0.05) is 37.3 Å². The van der Waals surface area contributed by atoms with Crippen molar-refractivity contribution in [3.05, 3.63) is 70.5 Å². The first-order valence-electron chi connectivity index (χ1n) is 10.4. The number of sulfonamides is 1. The van der Waals surface area contributed by atoms with E-state index in [1.54, 1.807) is 49.5 Å². The van der Waals surface area contributed by atoms with Gasteiger partial charge in [-0.05, 0) is 37.1 Å². The normalized spacial score (nSPS) is 15.5. The number of anilines is 1. The Bertz CT molecular complexity index is 1290. The van der Waals surface area contributed by atoms with Crippen LogP contribution in [0.15, 0.2) is 64.3 Å². The summed E-state index contributed by atoms with van der Waals surface area (Å²) in [5.41, 5.74) is 0.976. The molecule has 2 heterocycles. The molecule has 31 heavy (non-hydrogen) atoms. The van der Waals surface area contributed by atoms with E-state index in [9.17, 15) is 18.0 Å². The van der Waals surface area contributed by atoms with Crippen LogP contribution in [-0.2, 0) is 17.1 Å². The van der Waals surface area contributed by atoms with Crippen LogP contribution in [0, 0.1) is 0 Å². The first-order valence-corrected chi connectivity index (χ1v) is 11.8. The summed E-state index contributed by atoms with van der Waals surface area (Å²) < 4.78 is 29.2. The largest absolute Gasteiger partial charge is 0.322 e. The van der Waals surface area contributed by atoms with Crippen LogP contribution in [-0.4, -0.2) is 36.3 Å². The number of amides is 1. The fourth-order valence-electron chi connectivity index (χ4n) is 3.96. The molecular weight excluding hydrogens is 414 g/mol. The number of nitrogens with zero attached hydrogens (tertiary/aromatic N) is 2. The van der Waals surface area contributed by atoms with Gasteiger partial charge in [-0.1, -0.05) is 37.1 Å². The van der Waals surface area contributed by atoms with Crippen LogP contribution in [0.2, 0.25) is 0 Å². The van der Waals surface area contributed by atoms with Crippen LogP contribution in [0.1, 0.15) is 36.0 Å². The molecule has 1 saturated heterocycles. The van der Waals surface area contributed by atoms with Gasteiger partial charge in [-0.15, -0.1) is 0 Å². The summed E-state index contributed by atoms with van der Waals surface area (Å²) in [5.74, 6) is -0.460. The van der Waals surface area contributed by atoms with Crippen molar-refractivity contribution in [1.29, 1.82) is 0 Å². The summed E-state index contributed by atoms with van der Waals surface area (Å²) in [4.78, 5) is 25.4. The van der Waals surface area contributed by atoms with Crippen LogP contribution in [0.5, 0.6) is 0 Å². The molecule has 0 saturated carbocycles. The molecule has 1 aliphatic heterocycles. The zero-order chi connectivity index (χ0) is 22.0. The van der Waals surface area contributed by atoms with Gasteiger partial charge in [-0.25, -0.2) is 8.42 Å². The number of nitrogens with one attached hydrogen (secondary N) is 1. The SMILES string of the molecule is Cn1c(=O)cc(C(=O)Nc2cccc(S(=O)(=O)N3CCCCCC3)c2)c2ccccc21. The van der Waals surface area contributed by atoms with Gasteiger partial charge in [0.2, 0.25) is 10.0 Å². The number of rotatable bonds is 4. The molecule has 162 valence electrons. The lowest BCUT2D eigenvalue weighted by molar-refractivity contribution is 0.102. The standard InChI is InChI=1S/C23H25N3O4S/c1-25-21-12-5-4-11-19(21)20(16-22(25)27)23(28)24-17-9-8-10-18(15-17)31(29,30)26-13-6-2-3-7-14-26/h4-5,8-12,15-16H,2-3,6-7,13-14H2,1H3,(H,24,28). The molecule has 0 bridgehead atoms. The third kappa shape index (κ3) is 4.26. The molecule has 3 aromatic rings. The molecule has 0 atom stereocenters. The number of carbonyl (C=O) groups is 1. The van der Waals surface area contributed by atoms with Gasteiger partial charge in [0.25, 0.3) is 11.5 Å². The topological polar surface area (TPSA) is 88.5 Å². The Hall–Kier alpha value is -2.97. The van der Waals surface area contributed by atoms with Crippen LogP contribution in [0.25, 0.3) is 10.9 Å². The third-order valence-corrected chi connectivity index (χ3v) is 7.59. The molecule has 0 aliphatic carbocycles. The average Bonchev–Trinajstić information content (AvgIpc) is 3.07. The number of aromatic nitrogens is 1. The van der Waals surface area contributed by atoms with E-state index in [2.05, 4.69) is 5.32 Å². The van der Waals surface area contributed by atoms with Gasteiger partial charge in [0.15, 0.2) is 0 Å². The van der Waals surface area contributed by atoms with Crippen molar-refractivity contribution < 1.29 is 13.2 Å². The summed E-state index contributed by atoms with van der Waals surface area (Å²) in [5, 5.41) is 3.40. The summed E-state index contributed by atoms with van der Waals surface area (Å²) in [6.07, 6.45) is 3.77. The highest BCUT2D eigenvalue weighted by Crippen LogP contribution is 2.24. The fourth-order valence-corrected chi connectivity index (χ4v) is 5.53. The van der Waals surface area contributed by atoms with Crippen molar-refractivity contribution >= 4 is 32.5 Å². The minimum atomic E-state index is -3.63. The first kappa shape index (κ1) is 21.3. The second-order valence-corrected chi connectivity index (χ2v) is 9.71. The minimum Gasteiger partial charge on any atom is -0.322 e. The van der Waals surface area contributed by atoms with Gasteiger partial charge in [0.05, 0.1) is 16.0 Å². The number of hydrogen-bond acceptors (Lipinski definition) is 4. The Morgan fingerprint density at radius 1 is 0.935 bits per heavy atom. The quantitative estimate of drug-likeness (QED) is 0.675. The lowest BCUT2D eigenvalue weighted by atomic mass is 10.1. The van der Waals surface area contributed by atoms with E-state index in [0.29, 0.717) is 29.7 Å². The highest BCUT2D eigenvalue weighted by molar-refractivity contribution is 7.89. The maximum absolute atomic E-state index is 13.1. The van der Waals surface area contributed by atoms with Crippen molar-refractivity contribution in [1.82, 2.24) is 8.87 Å². The van der Waals surface area contributed by atoms with Gasteiger partial charge >= 0.3 is 0 Å². The fraction of sp³-hybridized carbons (Fsp3) is 0.304. The van der Waals surface area contributed by atoms with Gasteiger partial charge in [-0.2, -0.15) is 4.31 Å². The van der Waals surface area contributed by atoms with Crippen LogP contribution >= 0.6 is 0 Å². The summed E-state index contributed by atoms with van der Waals surface area (Å²) in [6, 6.07) is 14.7. The minimum absolute atomic E-state index is 0.154. The second-order valence-electron chi connectivity index (χ2n) is 7.77. The third-order valence-electron chi connectivity index (χ3n) is 5.69. The lowest BCUT2D eigenvalue weighted by Gasteiger charge is -2.20. The lowest BCUT2D eigenvalue weighted by Crippen LogP contribution is -2.32. The van der Waals surface area contributed by atoms with Crippen LogP contribution in [0.4, 0.5) is 5.69 Å². The molecule has 1 N–H and O–H groups in total. The van der Waals surface area contributed by atoms with E-state index >= 15 is 0 Å². The van der Waals surface area contributed by atoms with Gasteiger partial charge in [0.1, 0.15) is 0 Å². The summed E-state index contributed by atoms with van der Waals surface area (Å²) in [6.45, 7) is 1.02. The molecule has 1 fully saturated rings. The number of carbonyl (C=O) groups excluding carboxylic acids is 1. The zero-order valence-corrected chi connectivity index (χ0v) is 18.2. The summed E-state index contributed by atoms with van der Waals surface area (Å²) in [7, 11) is -1.97. The Morgan fingerprint density at radius 3 is 2.39 bits per heavy atom. The first-order chi connectivity index (χ1) is 14.9. The predicted molar refractivity (Wildman–Crippen MR) is 121 cm³/mol. The van der Waals surface area contributed by atoms with E-state index in [-0.39, 0.29) is 16.0 Å². The van der Waals surface area contributed by atoms with E-state index in [1.165, 1.54) is 21.0 Å². The zero-order valence-electron chi connectivity index (χ0n) is 17.4. The van der Waals surface area contributed by atoms with E-state index < -0.39 is 15.9 Å². The smallest absolute Gasteiger partial charge is 0.256 e. The molecular formula is C23H25N3O4S. The highest BCUT2D eigenvalue weighted by atomic mass is 32.2. The average molecular weight is 440 g/mol. The maximum atomic E-state index is 13.1. The Labute approximate surface area is 181 Å². The van der Waals surface area contributed by atoms with Gasteiger partial charge < -0.3 is 9.88 Å². The predicted octanol–water partition coefficient (Wildman–Crippen LogP) is 3.36. The molecule has 0 radical (unpaired) electrons. The molecule has 2 aromatic carbocycles. The Balaban J connectivity index is 1.64. The molecule has 1 aromatic heterocycles. The number of aryl methyl sites for hydroxylation is 1. The molecule has 8 heteroatoms. The van der Waals surface area contributed by atoms with Crippen LogP contribution in [0.3, 0.4) is 0 Å². The Kier molecular flexibility index (Phi) is 5.93. The Morgan fingerprint density at radius 2 is 1.65 bits per heavy atom. The summed E-state index contributed by atoms with van der Waals surface area (Å²) >= 11 is 0. The van der Waals surface area contributed by atoms with E-state index in [0.717, 1.165) is 25.7 Å². The molecule has 1 amide bonds. The van der Waals surface area contributed by atoms with Crippen molar-refractivity contribution in [3.8, 4) is 0 Å². The van der Waals surface area contributed by atoms with Crippen molar-refractivity contribution in [2.45, 2.75) is 30.6 Å². The number of para-hydroxylation sites is 1. The van der Waals surface area contributed by atoms with Crippen molar-refractivity contribution in [2.24, 2.45) is 7.05 Å². The number of hydrogen-bond donors (Lipinski definition) is 1. The molecule has 0 spiro atoms. The molecule has 7 nitrogen and oxygen atoms in total. The number of benzene rings is 2. The molecule has 0 unspecified atom stereocenters. The van der Waals surface area contributed by atoms with Crippen LogP contribution < -0.4 is 10.9 Å². The number of fused-ring (bicyclic) bond motifs is 1. The molecule has 4 rings (SSSR count). The van der Waals surface area contributed by atoms with Crippen molar-refractivity contribution in [2.75, 3.05) is 18.4 Å². The number of pyridine rings is 1. The monoisotopic (exact) mass is 439 g/mol. The van der Waals surface area contributed by atoms with E-state index in [1.807, 2.05) is 0 Å².